The highest BCUT2D eigenvalue weighted by Crippen LogP contribution is 2.30. The number of rotatable bonds is 4. The Kier molecular flexibility index (Phi) is 4.29. The van der Waals surface area contributed by atoms with Crippen molar-refractivity contribution in [2.45, 2.75) is 17.2 Å². The minimum Gasteiger partial charge on any atom is -0.263 e. The molecule has 0 aromatic heterocycles. The van der Waals surface area contributed by atoms with Crippen molar-refractivity contribution in [3.05, 3.63) is 74.8 Å². The number of aryl methyl sites for hydroxylation is 1. The van der Waals surface area contributed by atoms with E-state index in [1.54, 1.807) is 19.1 Å². The third kappa shape index (κ3) is 3.22. The maximum absolute atomic E-state index is 12.5. The highest BCUT2D eigenvalue weighted by molar-refractivity contribution is 7.91. The van der Waals surface area contributed by atoms with Crippen LogP contribution in [0, 0.1) is 17.0 Å². The van der Waals surface area contributed by atoms with Gasteiger partial charge in [0, 0.05) is 15.5 Å². The Hall–Kier alpha value is -1.92. The zero-order valence-electron chi connectivity index (χ0n) is 11.1. The third-order valence-corrected chi connectivity index (χ3v) is 5.17. The van der Waals surface area contributed by atoms with Crippen molar-refractivity contribution < 1.29 is 13.3 Å². The van der Waals surface area contributed by atoms with E-state index in [1.807, 2.05) is 0 Å². The van der Waals surface area contributed by atoms with Gasteiger partial charge in [-0.2, -0.15) is 0 Å². The predicted molar refractivity (Wildman–Crippen MR) is 79.6 cm³/mol. The summed E-state index contributed by atoms with van der Waals surface area (Å²) in [6.45, 7) is 1.80. The number of nitro groups is 1. The standard InChI is InChI=1S/C14H12ClNO4S/c1-10-5-7-13(8-6-10)21(19,20)14(16(17)18)11-3-2-4-12(15)9-11/h2-9,14H,1H3. The van der Waals surface area contributed by atoms with Gasteiger partial charge in [-0.25, -0.2) is 8.42 Å². The number of hydrogen-bond acceptors (Lipinski definition) is 4. The molecule has 1 unspecified atom stereocenters. The SMILES string of the molecule is Cc1ccc(S(=O)(=O)C(c2cccc(Cl)c2)[N+](=O)[O-])cc1. The van der Waals surface area contributed by atoms with Gasteiger partial charge in [0.05, 0.1) is 4.90 Å². The minimum atomic E-state index is -4.14. The zero-order chi connectivity index (χ0) is 15.6. The van der Waals surface area contributed by atoms with E-state index in [0.29, 0.717) is 0 Å². The maximum Gasteiger partial charge on any atom is 0.339 e. The van der Waals surface area contributed by atoms with E-state index >= 15 is 0 Å². The summed E-state index contributed by atoms with van der Waals surface area (Å²) in [5.41, 5.74) is 0.905. The van der Waals surface area contributed by atoms with E-state index in [1.165, 1.54) is 36.4 Å². The van der Waals surface area contributed by atoms with Gasteiger partial charge in [0.1, 0.15) is 0 Å². The van der Waals surface area contributed by atoms with Crippen molar-refractivity contribution in [2.24, 2.45) is 0 Å². The molecular formula is C14H12ClNO4S. The van der Waals surface area contributed by atoms with Gasteiger partial charge in [-0.15, -0.1) is 0 Å². The van der Waals surface area contributed by atoms with Gasteiger partial charge in [-0.3, -0.25) is 10.1 Å². The first-order valence-electron chi connectivity index (χ1n) is 6.02. The van der Waals surface area contributed by atoms with Gasteiger partial charge in [0.15, 0.2) is 0 Å². The van der Waals surface area contributed by atoms with Crippen LogP contribution in [-0.4, -0.2) is 13.3 Å². The van der Waals surface area contributed by atoms with Crippen LogP contribution >= 0.6 is 11.6 Å². The summed E-state index contributed by atoms with van der Waals surface area (Å²) in [6, 6.07) is 11.6. The fraction of sp³-hybridized carbons (Fsp3) is 0.143. The molecule has 0 aliphatic heterocycles. The molecule has 0 spiro atoms. The quantitative estimate of drug-likeness (QED) is 0.637. The van der Waals surface area contributed by atoms with Crippen molar-refractivity contribution in [3.8, 4) is 0 Å². The molecule has 0 aliphatic carbocycles. The monoisotopic (exact) mass is 325 g/mol. The van der Waals surface area contributed by atoms with Crippen LogP contribution in [0.1, 0.15) is 16.5 Å². The average molecular weight is 326 g/mol. The van der Waals surface area contributed by atoms with Gasteiger partial charge in [-0.05, 0) is 31.2 Å². The van der Waals surface area contributed by atoms with Crippen LogP contribution < -0.4 is 0 Å². The molecule has 5 nitrogen and oxygen atoms in total. The summed E-state index contributed by atoms with van der Waals surface area (Å²) in [5.74, 6) is 0. The van der Waals surface area contributed by atoms with Crippen LogP contribution in [0.3, 0.4) is 0 Å². The van der Waals surface area contributed by atoms with E-state index in [9.17, 15) is 18.5 Å². The second-order valence-electron chi connectivity index (χ2n) is 4.55. The summed E-state index contributed by atoms with van der Waals surface area (Å²) in [7, 11) is -4.14. The molecule has 7 heteroatoms. The second kappa shape index (κ2) is 5.83. The number of hydrogen-bond donors (Lipinski definition) is 0. The van der Waals surface area contributed by atoms with Crippen molar-refractivity contribution in [2.75, 3.05) is 0 Å². The Labute approximate surface area is 127 Å². The summed E-state index contributed by atoms with van der Waals surface area (Å²) in [6.07, 6.45) is 0. The Morgan fingerprint density at radius 1 is 1.14 bits per heavy atom. The lowest BCUT2D eigenvalue weighted by Gasteiger charge is -2.11. The van der Waals surface area contributed by atoms with Gasteiger partial charge in [-0.1, -0.05) is 41.4 Å². The topological polar surface area (TPSA) is 77.3 Å². The van der Waals surface area contributed by atoms with E-state index in [0.717, 1.165) is 5.56 Å². The molecule has 0 aliphatic rings. The van der Waals surface area contributed by atoms with Crippen LogP contribution in [0.15, 0.2) is 53.4 Å². The average Bonchev–Trinajstić information content (AvgIpc) is 2.38. The molecule has 110 valence electrons. The lowest BCUT2D eigenvalue weighted by Crippen LogP contribution is -2.21. The van der Waals surface area contributed by atoms with E-state index in [2.05, 4.69) is 0 Å². The largest absolute Gasteiger partial charge is 0.339 e. The molecule has 0 heterocycles. The molecule has 21 heavy (non-hydrogen) atoms. The van der Waals surface area contributed by atoms with E-state index in [4.69, 9.17) is 11.6 Å². The lowest BCUT2D eigenvalue weighted by molar-refractivity contribution is -0.502. The molecule has 0 radical (unpaired) electrons. The number of nitrogens with zero attached hydrogens (tertiary/aromatic N) is 1. The summed E-state index contributed by atoms with van der Waals surface area (Å²) in [4.78, 5) is 10.4. The van der Waals surface area contributed by atoms with E-state index < -0.39 is 20.1 Å². The molecule has 1 atom stereocenters. The Bertz CT molecular complexity index is 772. The van der Waals surface area contributed by atoms with Crippen molar-refractivity contribution in [3.63, 3.8) is 0 Å². The maximum atomic E-state index is 12.5. The Morgan fingerprint density at radius 3 is 2.29 bits per heavy atom. The summed E-state index contributed by atoms with van der Waals surface area (Å²) >= 11 is 5.79. The Balaban J connectivity index is 2.57. The van der Waals surface area contributed by atoms with Gasteiger partial charge < -0.3 is 0 Å². The van der Waals surface area contributed by atoms with Crippen molar-refractivity contribution in [1.29, 1.82) is 0 Å². The van der Waals surface area contributed by atoms with Crippen LogP contribution in [0.2, 0.25) is 5.02 Å². The fourth-order valence-corrected chi connectivity index (χ4v) is 3.63. The molecule has 0 saturated carbocycles. The first-order valence-corrected chi connectivity index (χ1v) is 7.94. The fourth-order valence-electron chi connectivity index (χ4n) is 1.93. The highest BCUT2D eigenvalue weighted by Gasteiger charge is 2.39. The Morgan fingerprint density at radius 2 is 1.76 bits per heavy atom. The van der Waals surface area contributed by atoms with Gasteiger partial charge in [0.2, 0.25) is 0 Å². The lowest BCUT2D eigenvalue weighted by atomic mass is 10.2. The number of benzene rings is 2. The predicted octanol–water partition coefficient (Wildman–Crippen LogP) is 3.40. The second-order valence-corrected chi connectivity index (χ2v) is 7.00. The van der Waals surface area contributed by atoms with Crippen LogP contribution in [0.25, 0.3) is 0 Å². The minimum absolute atomic E-state index is 0.0353. The first-order chi connectivity index (χ1) is 9.82. The molecule has 2 rings (SSSR count). The molecular weight excluding hydrogens is 314 g/mol. The van der Waals surface area contributed by atoms with Crippen LogP contribution in [0.4, 0.5) is 0 Å². The molecule has 2 aromatic carbocycles. The van der Waals surface area contributed by atoms with Crippen LogP contribution in [0.5, 0.6) is 0 Å². The van der Waals surface area contributed by atoms with Crippen molar-refractivity contribution in [1.82, 2.24) is 0 Å². The molecule has 0 bridgehead atoms. The third-order valence-electron chi connectivity index (χ3n) is 2.97. The van der Waals surface area contributed by atoms with E-state index in [-0.39, 0.29) is 15.5 Å². The molecule has 0 amide bonds. The summed E-state index contributed by atoms with van der Waals surface area (Å²) in [5, 5.41) is 9.65. The first kappa shape index (κ1) is 15.5. The molecule has 0 N–H and O–H groups in total. The van der Waals surface area contributed by atoms with Crippen LogP contribution in [-0.2, 0) is 9.84 Å². The molecule has 0 fully saturated rings. The smallest absolute Gasteiger partial charge is 0.263 e. The number of halogens is 1. The zero-order valence-corrected chi connectivity index (χ0v) is 12.6. The highest BCUT2D eigenvalue weighted by atomic mass is 35.5. The molecule has 0 saturated heterocycles. The van der Waals surface area contributed by atoms with Gasteiger partial charge in [0.25, 0.3) is 9.84 Å². The van der Waals surface area contributed by atoms with Gasteiger partial charge >= 0.3 is 5.37 Å². The molecule has 2 aromatic rings. The normalized spacial score (nSPS) is 12.9. The van der Waals surface area contributed by atoms with Crippen molar-refractivity contribution >= 4 is 21.4 Å². The number of sulfone groups is 1. The summed E-state index contributed by atoms with van der Waals surface area (Å²) < 4.78 is 25.0.